The summed E-state index contributed by atoms with van der Waals surface area (Å²) in [5.41, 5.74) is 1.06. The molecule has 1 aliphatic heterocycles. The van der Waals surface area contributed by atoms with Gasteiger partial charge in [-0.1, -0.05) is 38.1 Å². The SMILES string of the molecule is CCC(C)C1N(C)C=CN1CC.COP(OC)OC.c1ccc2ncccc2c1. The smallest absolute Gasteiger partial charge is 0.331 e. The second-order valence-corrected chi connectivity index (χ2v) is 8.10. The van der Waals surface area contributed by atoms with E-state index in [1.54, 1.807) is 21.3 Å². The van der Waals surface area contributed by atoms with Gasteiger partial charge in [0.2, 0.25) is 0 Å². The standard InChI is InChI=1S/C10H20N2.C9H7N.C3H9O3P/c1-5-9(3)10-11(4)7-8-12(10)6-2;1-2-6-9-8(4-1)5-3-7-10-9;1-4-7(5-2)6-3/h7-10H,5-6H2,1-4H3;1-7H;1-3H3. The first-order valence-electron chi connectivity index (χ1n) is 9.90. The molecule has 2 aromatic rings. The molecule has 0 saturated carbocycles. The summed E-state index contributed by atoms with van der Waals surface area (Å²) in [4.78, 5) is 8.88. The second kappa shape index (κ2) is 14.3. The Labute approximate surface area is 177 Å². The van der Waals surface area contributed by atoms with Crippen LogP contribution in [-0.2, 0) is 13.6 Å². The quantitative estimate of drug-likeness (QED) is 0.575. The third-order valence-corrected chi connectivity index (χ3v) is 5.62. The lowest BCUT2D eigenvalue weighted by molar-refractivity contribution is 0.121. The number of pyridine rings is 1. The minimum Gasteiger partial charge on any atom is -0.359 e. The second-order valence-electron chi connectivity index (χ2n) is 6.56. The van der Waals surface area contributed by atoms with Gasteiger partial charge in [0.05, 0.1) is 5.52 Å². The van der Waals surface area contributed by atoms with Crippen LogP contribution in [0.5, 0.6) is 0 Å². The Balaban J connectivity index is 0.000000226. The number of para-hydroxylation sites is 1. The molecule has 0 spiro atoms. The number of benzene rings is 1. The number of nitrogens with zero attached hydrogens (tertiary/aromatic N) is 3. The van der Waals surface area contributed by atoms with Crippen LogP contribution in [-0.4, -0.2) is 55.9 Å². The molecule has 2 heterocycles. The molecule has 2 atom stereocenters. The van der Waals surface area contributed by atoms with Gasteiger partial charge in [0, 0.05) is 58.9 Å². The van der Waals surface area contributed by atoms with Gasteiger partial charge < -0.3 is 23.4 Å². The van der Waals surface area contributed by atoms with Gasteiger partial charge in [0.15, 0.2) is 0 Å². The van der Waals surface area contributed by atoms with Gasteiger partial charge in [-0.15, -0.1) is 0 Å². The van der Waals surface area contributed by atoms with E-state index in [-0.39, 0.29) is 0 Å². The number of rotatable bonds is 6. The van der Waals surface area contributed by atoms with Gasteiger partial charge in [-0.25, -0.2) is 0 Å². The third kappa shape index (κ3) is 8.27. The molecule has 0 bridgehead atoms. The van der Waals surface area contributed by atoms with Crippen LogP contribution in [0.25, 0.3) is 10.9 Å². The highest BCUT2D eigenvalue weighted by molar-refractivity contribution is 7.41. The van der Waals surface area contributed by atoms with Crippen LogP contribution in [0.4, 0.5) is 0 Å². The molecule has 6 nitrogen and oxygen atoms in total. The molecule has 0 fully saturated rings. The molecule has 0 amide bonds. The third-order valence-electron chi connectivity index (χ3n) is 4.73. The van der Waals surface area contributed by atoms with Crippen molar-refractivity contribution in [2.45, 2.75) is 33.4 Å². The molecule has 2 unspecified atom stereocenters. The molecule has 0 N–H and O–H groups in total. The Morgan fingerprint density at radius 2 is 1.62 bits per heavy atom. The van der Waals surface area contributed by atoms with Crippen molar-refractivity contribution in [2.24, 2.45) is 5.92 Å². The summed E-state index contributed by atoms with van der Waals surface area (Å²) in [5.74, 6) is 0.741. The maximum atomic E-state index is 4.67. The zero-order valence-corrected chi connectivity index (χ0v) is 19.7. The van der Waals surface area contributed by atoms with Crippen molar-refractivity contribution in [2.75, 3.05) is 34.9 Å². The highest BCUT2D eigenvalue weighted by Gasteiger charge is 2.26. The molecular weight excluding hydrogens is 385 g/mol. The van der Waals surface area contributed by atoms with E-state index in [0.717, 1.165) is 18.0 Å². The Morgan fingerprint density at radius 1 is 1.00 bits per heavy atom. The fourth-order valence-electron chi connectivity index (χ4n) is 3.07. The normalized spacial score (nSPS) is 16.3. The number of fused-ring (bicyclic) bond motifs is 1. The van der Waals surface area contributed by atoms with Gasteiger partial charge in [-0.05, 0) is 31.4 Å². The molecule has 1 aromatic heterocycles. The van der Waals surface area contributed by atoms with E-state index in [1.165, 1.54) is 11.8 Å². The highest BCUT2D eigenvalue weighted by atomic mass is 31.2. The zero-order chi connectivity index (χ0) is 21.6. The molecule has 1 aliphatic rings. The van der Waals surface area contributed by atoms with E-state index >= 15 is 0 Å². The molecule has 7 heteroatoms. The summed E-state index contributed by atoms with van der Waals surface area (Å²) >= 11 is 0. The van der Waals surface area contributed by atoms with Crippen molar-refractivity contribution in [3.63, 3.8) is 0 Å². The van der Waals surface area contributed by atoms with E-state index in [9.17, 15) is 0 Å². The number of hydrogen-bond donors (Lipinski definition) is 0. The van der Waals surface area contributed by atoms with Crippen molar-refractivity contribution in [1.29, 1.82) is 0 Å². The lowest BCUT2D eigenvalue weighted by Gasteiger charge is -2.34. The topological polar surface area (TPSA) is 47.1 Å². The zero-order valence-electron chi connectivity index (χ0n) is 18.8. The summed E-state index contributed by atoms with van der Waals surface area (Å²) < 4.78 is 14.0. The van der Waals surface area contributed by atoms with Crippen LogP contribution < -0.4 is 0 Å². The first kappa shape index (κ1) is 25.3. The van der Waals surface area contributed by atoms with Gasteiger partial charge in [-0.3, -0.25) is 4.98 Å². The van der Waals surface area contributed by atoms with Crippen LogP contribution in [0.3, 0.4) is 0 Å². The lowest BCUT2D eigenvalue weighted by atomic mass is 10.0. The Hall–Kier alpha value is -1.72. The predicted octanol–water partition coefficient (Wildman–Crippen LogP) is 5.48. The van der Waals surface area contributed by atoms with Gasteiger partial charge in [-0.2, -0.15) is 0 Å². The lowest BCUT2D eigenvalue weighted by Crippen LogP contribution is -2.41. The predicted molar refractivity (Wildman–Crippen MR) is 122 cm³/mol. The molecular formula is C22H36N3O3P. The Kier molecular flexibility index (Phi) is 12.5. The van der Waals surface area contributed by atoms with Crippen molar-refractivity contribution < 1.29 is 13.6 Å². The molecule has 3 rings (SSSR count). The molecule has 0 aliphatic carbocycles. The minimum atomic E-state index is -1.05. The molecule has 1 aromatic carbocycles. The van der Waals surface area contributed by atoms with Crippen LogP contribution in [0.2, 0.25) is 0 Å². The monoisotopic (exact) mass is 421 g/mol. The van der Waals surface area contributed by atoms with Crippen molar-refractivity contribution in [3.8, 4) is 0 Å². The van der Waals surface area contributed by atoms with Crippen molar-refractivity contribution in [1.82, 2.24) is 14.8 Å². The van der Waals surface area contributed by atoms with Crippen molar-refractivity contribution >= 4 is 19.5 Å². The van der Waals surface area contributed by atoms with Crippen LogP contribution in [0, 0.1) is 5.92 Å². The van der Waals surface area contributed by atoms with E-state index < -0.39 is 8.60 Å². The summed E-state index contributed by atoms with van der Waals surface area (Å²) in [6.45, 7) is 7.89. The molecule has 0 saturated heterocycles. The summed E-state index contributed by atoms with van der Waals surface area (Å²) in [6, 6.07) is 12.1. The van der Waals surface area contributed by atoms with E-state index in [1.807, 2.05) is 30.5 Å². The fourth-order valence-corrected chi connectivity index (χ4v) is 3.52. The number of aromatic nitrogens is 1. The first-order valence-corrected chi connectivity index (χ1v) is 11.0. The minimum absolute atomic E-state index is 0.583. The van der Waals surface area contributed by atoms with Crippen LogP contribution >= 0.6 is 8.60 Å². The molecule has 0 radical (unpaired) electrons. The molecule has 29 heavy (non-hydrogen) atoms. The average molecular weight is 422 g/mol. The summed E-state index contributed by atoms with van der Waals surface area (Å²) in [5, 5.41) is 1.20. The Bertz CT molecular complexity index is 642. The average Bonchev–Trinajstić information content (AvgIpc) is 3.16. The Morgan fingerprint density at radius 3 is 2.14 bits per heavy atom. The summed E-state index contributed by atoms with van der Waals surface area (Å²) in [6.07, 6.45) is 7.99. The largest absolute Gasteiger partial charge is 0.359 e. The first-order chi connectivity index (χ1) is 14.0. The van der Waals surface area contributed by atoms with E-state index in [0.29, 0.717) is 6.17 Å². The van der Waals surface area contributed by atoms with Gasteiger partial charge in [0.1, 0.15) is 6.17 Å². The maximum absolute atomic E-state index is 4.67. The van der Waals surface area contributed by atoms with Crippen LogP contribution in [0.15, 0.2) is 55.0 Å². The van der Waals surface area contributed by atoms with E-state index in [2.05, 4.69) is 80.7 Å². The van der Waals surface area contributed by atoms with E-state index in [4.69, 9.17) is 0 Å². The van der Waals surface area contributed by atoms with Gasteiger partial charge in [0.25, 0.3) is 0 Å². The fraction of sp³-hybridized carbons (Fsp3) is 0.500. The number of hydrogen-bond acceptors (Lipinski definition) is 6. The van der Waals surface area contributed by atoms with Crippen LogP contribution in [0.1, 0.15) is 27.2 Å². The molecule has 162 valence electrons. The summed E-state index contributed by atoms with van der Waals surface area (Å²) in [7, 11) is 5.72. The van der Waals surface area contributed by atoms with Crippen molar-refractivity contribution in [3.05, 3.63) is 55.0 Å². The van der Waals surface area contributed by atoms with Gasteiger partial charge >= 0.3 is 8.60 Å². The highest BCUT2D eigenvalue weighted by Crippen LogP contribution is 2.35. The maximum Gasteiger partial charge on any atom is 0.331 e.